The fourth-order valence-electron chi connectivity index (χ4n) is 5.74. The van der Waals surface area contributed by atoms with Gasteiger partial charge in [-0.05, 0) is 67.7 Å². The molecule has 2 unspecified atom stereocenters. The van der Waals surface area contributed by atoms with Crippen LogP contribution in [0.5, 0.6) is 0 Å². The highest BCUT2D eigenvalue weighted by Crippen LogP contribution is 2.42. The number of carboxylic acids is 1. The number of aromatic nitrogens is 2. The highest BCUT2D eigenvalue weighted by Gasteiger charge is 2.42. The van der Waals surface area contributed by atoms with Crippen molar-refractivity contribution in [2.45, 2.75) is 38.0 Å². The first-order valence-corrected chi connectivity index (χ1v) is 13.5. The Bertz CT molecular complexity index is 1460. The lowest BCUT2D eigenvalue weighted by molar-refractivity contribution is -0.138. The van der Waals surface area contributed by atoms with Crippen molar-refractivity contribution in [2.75, 3.05) is 13.1 Å². The zero-order chi connectivity index (χ0) is 26.1. The molecule has 2 fully saturated rings. The van der Waals surface area contributed by atoms with E-state index in [4.69, 9.17) is 9.97 Å². The molecule has 6 nitrogen and oxygen atoms in total. The van der Waals surface area contributed by atoms with E-state index in [0.29, 0.717) is 23.4 Å². The van der Waals surface area contributed by atoms with Crippen LogP contribution < -0.4 is 0 Å². The Balaban J connectivity index is 1.23. The van der Waals surface area contributed by atoms with Crippen molar-refractivity contribution in [3.8, 4) is 11.3 Å². The van der Waals surface area contributed by atoms with Gasteiger partial charge in [0.25, 0.3) is 5.91 Å². The predicted molar refractivity (Wildman–Crippen MR) is 147 cm³/mol. The van der Waals surface area contributed by atoms with E-state index in [0.717, 1.165) is 61.2 Å². The molecule has 2 heterocycles. The maximum atomic E-state index is 13.4. The van der Waals surface area contributed by atoms with Gasteiger partial charge in [-0.3, -0.25) is 9.59 Å². The zero-order valence-corrected chi connectivity index (χ0v) is 21.3. The van der Waals surface area contributed by atoms with Gasteiger partial charge in [-0.25, -0.2) is 9.97 Å². The Morgan fingerprint density at radius 1 is 0.868 bits per heavy atom. The maximum absolute atomic E-state index is 13.4. The minimum absolute atomic E-state index is 0.0381. The standard InChI is InChI=1S/C32H31N3O3/c36-31(35-17-15-22(16-18-35)21-7-3-1-4-8-21)25-12-13-27-29(20-25)33-28(14-11-24-19-26(24)32(37)38)30(34-27)23-9-5-2-6-10-23/h1-10,12-13,20,22,24,26H,11,14-19H2,(H,37,38). The van der Waals surface area contributed by atoms with Crippen LogP contribution in [0.4, 0.5) is 0 Å². The summed E-state index contributed by atoms with van der Waals surface area (Å²) >= 11 is 0. The van der Waals surface area contributed by atoms with Crippen molar-refractivity contribution < 1.29 is 14.7 Å². The number of fused-ring (bicyclic) bond motifs is 1. The number of likely N-dealkylation sites (tertiary alicyclic amines) is 1. The number of rotatable bonds is 7. The van der Waals surface area contributed by atoms with Crippen LogP contribution in [0.25, 0.3) is 22.3 Å². The van der Waals surface area contributed by atoms with Gasteiger partial charge in [-0.1, -0.05) is 60.7 Å². The summed E-state index contributed by atoms with van der Waals surface area (Å²) in [6.07, 6.45) is 4.09. The largest absolute Gasteiger partial charge is 0.481 e. The number of carbonyl (C=O) groups is 2. The second-order valence-corrected chi connectivity index (χ2v) is 10.5. The van der Waals surface area contributed by atoms with E-state index >= 15 is 0 Å². The third-order valence-corrected chi connectivity index (χ3v) is 8.08. The van der Waals surface area contributed by atoms with E-state index in [2.05, 4.69) is 24.3 Å². The van der Waals surface area contributed by atoms with Crippen LogP contribution in [0.1, 0.15) is 53.2 Å². The maximum Gasteiger partial charge on any atom is 0.306 e. The lowest BCUT2D eigenvalue weighted by atomic mass is 9.89. The van der Waals surface area contributed by atoms with Crippen molar-refractivity contribution in [2.24, 2.45) is 11.8 Å². The van der Waals surface area contributed by atoms with Gasteiger partial charge in [0.15, 0.2) is 0 Å². The lowest BCUT2D eigenvalue weighted by Gasteiger charge is -2.32. The Labute approximate surface area is 222 Å². The Hall–Kier alpha value is -4.06. The zero-order valence-electron chi connectivity index (χ0n) is 21.3. The summed E-state index contributed by atoms with van der Waals surface area (Å²) < 4.78 is 0. The first-order valence-electron chi connectivity index (χ1n) is 13.5. The summed E-state index contributed by atoms with van der Waals surface area (Å²) in [5, 5.41) is 9.29. The highest BCUT2D eigenvalue weighted by atomic mass is 16.4. The minimum Gasteiger partial charge on any atom is -0.481 e. The van der Waals surface area contributed by atoms with Crippen LogP contribution in [0, 0.1) is 11.8 Å². The molecule has 1 aromatic heterocycles. The summed E-state index contributed by atoms with van der Waals surface area (Å²) in [7, 11) is 0. The number of aryl methyl sites for hydroxylation is 1. The van der Waals surface area contributed by atoms with Crippen LogP contribution in [-0.4, -0.2) is 44.9 Å². The fourth-order valence-corrected chi connectivity index (χ4v) is 5.74. The summed E-state index contributed by atoms with van der Waals surface area (Å²) in [4.78, 5) is 36.6. The van der Waals surface area contributed by atoms with Gasteiger partial charge in [0.2, 0.25) is 0 Å². The Morgan fingerprint density at radius 2 is 1.58 bits per heavy atom. The van der Waals surface area contributed by atoms with Crippen molar-refractivity contribution in [1.82, 2.24) is 14.9 Å². The molecule has 192 valence electrons. The van der Waals surface area contributed by atoms with Crippen LogP contribution in [-0.2, 0) is 11.2 Å². The van der Waals surface area contributed by atoms with E-state index in [-0.39, 0.29) is 17.7 Å². The Morgan fingerprint density at radius 3 is 2.26 bits per heavy atom. The third kappa shape index (κ3) is 5.03. The molecule has 2 atom stereocenters. The van der Waals surface area contributed by atoms with E-state index in [1.165, 1.54) is 5.56 Å². The number of amides is 1. The SMILES string of the molecule is O=C(O)C1CC1CCc1nc2cc(C(=O)N3CCC(c4ccccc4)CC3)ccc2nc1-c1ccccc1. The topological polar surface area (TPSA) is 83.4 Å². The van der Waals surface area contributed by atoms with E-state index in [1.54, 1.807) is 0 Å². The highest BCUT2D eigenvalue weighted by molar-refractivity contribution is 5.97. The first-order chi connectivity index (χ1) is 18.6. The molecule has 1 saturated carbocycles. The van der Waals surface area contributed by atoms with Crippen molar-refractivity contribution in [3.05, 3.63) is 95.7 Å². The van der Waals surface area contributed by atoms with Crippen LogP contribution in [0.2, 0.25) is 0 Å². The minimum atomic E-state index is -0.709. The number of hydrogen-bond donors (Lipinski definition) is 1. The molecule has 38 heavy (non-hydrogen) atoms. The van der Waals surface area contributed by atoms with Crippen LogP contribution in [0.3, 0.4) is 0 Å². The van der Waals surface area contributed by atoms with Gasteiger partial charge in [0.05, 0.1) is 28.3 Å². The van der Waals surface area contributed by atoms with Gasteiger partial charge in [0, 0.05) is 24.2 Å². The Kier molecular flexibility index (Phi) is 6.62. The molecule has 1 aliphatic carbocycles. The molecule has 2 aliphatic rings. The molecule has 3 aromatic carbocycles. The second kappa shape index (κ2) is 10.4. The van der Waals surface area contributed by atoms with Gasteiger partial charge in [0.1, 0.15) is 0 Å². The van der Waals surface area contributed by atoms with Crippen molar-refractivity contribution >= 4 is 22.9 Å². The molecule has 1 aliphatic heterocycles. The first kappa shape index (κ1) is 24.3. The molecule has 0 bridgehead atoms. The summed E-state index contributed by atoms with van der Waals surface area (Å²) in [5.74, 6) is -0.219. The van der Waals surface area contributed by atoms with Crippen LogP contribution in [0.15, 0.2) is 78.9 Å². The van der Waals surface area contributed by atoms with Gasteiger partial charge in [-0.2, -0.15) is 0 Å². The number of aliphatic carboxylic acids is 1. The molecule has 1 amide bonds. The number of hydrogen-bond acceptors (Lipinski definition) is 4. The number of carboxylic acid groups (broad SMARTS) is 1. The smallest absolute Gasteiger partial charge is 0.306 e. The second-order valence-electron chi connectivity index (χ2n) is 10.5. The van der Waals surface area contributed by atoms with Gasteiger partial charge < -0.3 is 10.0 Å². The van der Waals surface area contributed by atoms with Gasteiger partial charge in [-0.15, -0.1) is 0 Å². The van der Waals surface area contributed by atoms with Crippen molar-refractivity contribution in [3.63, 3.8) is 0 Å². The normalized spacial score (nSPS) is 19.4. The molecular formula is C32H31N3O3. The molecule has 0 spiro atoms. The molecular weight excluding hydrogens is 474 g/mol. The predicted octanol–water partition coefficient (Wildman–Crippen LogP) is 5.97. The quantitative estimate of drug-likeness (QED) is 0.335. The van der Waals surface area contributed by atoms with Crippen LogP contribution >= 0.6 is 0 Å². The van der Waals surface area contributed by atoms with Gasteiger partial charge >= 0.3 is 5.97 Å². The summed E-state index contributed by atoms with van der Waals surface area (Å²) in [6, 6.07) is 26.1. The van der Waals surface area contributed by atoms with E-state index < -0.39 is 5.97 Å². The monoisotopic (exact) mass is 505 g/mol. The third-order valence-electron chi connectivity index (χ3n) is 8.08. The lowest BCUT2D eigenvalue weighted by Crippen LogP contribution is -2.37. The van der Waals surface area contributed by atoms with E-state index in [1.807, 2.05) is 59.5 Å². The number of piperidine rings is 1. The average Bonchev–Trinajstić information content (AvgIpc) is 3.76. The summed E-state index contributed by atoms with van der Waals surface area (Å²) in [6.45, 7) is 1.48. The van der Waals surface area contributed by atoms with Crippen molar-refractivity contribution in [1.29, 1.82) is 0 Å². The molecule has 1 saturated heterocycles. The molecule has 6 rings (SSSR count). The molecule has 0 radical (unpaired) electrons. The summed E-state index contributed by atoms with van der Waals surface area (Å²) in [5.41, 5.74) is 6.11. The number of benzene rings is 3. The molecule has 4 aromatic rings. The molecule has 6 heteroatoms. The number of carbonyl (C=O) groups excluding carboxylic acids is 1. The molecule has 1 N–H and O–H groups in total. The van der Waals surface area contributed by atoms with E-state index in [9.17, 15) is 14.7 Å². The fraction of sp³-hybridized carbons (Fsp3) is 0.312. The average molecular weight is 506 g/mol. The number of nitrogens with zero attached hydrogens (tertiary/aromatic N) is 3.